The number of rotatable bonds is 2. The minimum absolute atomic E-state index is 0.119. The van der Waals surface area contributed by atoms with E-state index in [0.717, 1.165) is 0 Å². The molecular formula is C7H11F3N2. The van der Waals surface area contributed by atoms with E-state index >= 15 is 0 Å². The lowest BCUT2D eigenvalue weighted by atomic mass is 10.3. The van der Waals surface area contributed by atoms with Crippen LogP contribution in [0.2, 0.25) is 0 Å². The minimum atomic E-state index is -1.78. The van der Waals surface area contributed by atoms with Gasteiger partial charge >= 0.3 is 0 Å². The minimum Gasteiger partial charge on any atom is -0.265 e. The summed E-state index contributed by atoms with van der Waals surface area (Å²) in [5.41, 5.74) is 0. The summed E-state index contributed by atoms with van der Waals surface area (Å²) < 4.78 is 37.5. The smallest absolute Gasteiger partial charge is 0.205 e. The molecule has 0 bridgehead atoms. The highest BCUT2D eigenvalue weighted by molar-refractivity contribution is 4.91. The quantitative estimate of drug-likeness (QED) is 0.466. The number of hydrogen-bond donors (Lipinski definition) is 0. The number of piperazine rings is 1. The van der Waals surface area contributed by atoms with Crippen LogP contribution in [-0.4, -0.2) is 42.5 Å². The topological polar surface area (TPSA) is 6.48 Å². The molecule has 0 aromatic carbocycles. The van der Waals surface area contributed by atoms with Crippen LogP contribution in [0.1, 0.15) is 0 Å². The summed E-state index contributed by atoms with van der Waals surface area (Å²) in [7, 11) is 0. The molecule has 0 aliphatic carbocycles. The van der Waals surface area contributed by atoms with Gasteiger partial charge in [0.2, 0.25) is 6.30 Å². The molecule has 1 unspecified atom stereocenters. The van der Waals surface area contributed by atoms with Crippen molar-refractivity contribution in [2.45, 2.75) is 6.30 Å². The maximum Gasteiger partial charge on any atom is 0.205 e. The molecule has 1 saturated heterocycles. The number of alkyl halides is 1. The summed E-state index contributed by atoms with van der Waals surface area (Å²) >= 11 is 0. The van der Waals surface area contributed by atoms with Crippen LogP contribution in [0.15, 0.2) is 12.4 Å². The van der Waals surface area contributed by atoms with Crippen LogP contribution in [0.3, 0.4) is 0 Å². The van der Waals surface area contributed by atoms with Gasteiger partial charge in [0, 0.05) is 26.2 Å². The van der Waals surface area contributed by atoms with Gasteiger partial charge in [0.15, 0.2) is 0 Å². The third kappa shape index (κ3) is 2.22. The lowest BCUT2D eigenvalue weighted by Crippen LogP contribution is -2.46. The highest BCUT2D eigenvalue weighted by Crippen LogP contribution is 2.14. The molecule has 0 spiro atoms. The van der Waals surface area contributed by atoms with Gasteiger partial charge in [-0.2, -0.15) is 0 Å². The van der Waals surface area contributed by atoms with E-state index in [0.29, 0.717) is 5.12 Å². The van der Waals surface area contributed by atoms with E-state index in [2.05, 4.69) is 6.58 Å². The Balaban J connectivity index is 2.39. The maximum atomic E-state index is 12.8. The second kappa shape index (κ2) is 3.91. The Morgan fingerprint density at radius 2 is 1.75 bits per heavy atom. The fraction of sp³-hybridized carbons (Fsp3) is 0.714. The SMILES string of the molecule is C=C(F)C(F)N1CCN(F)CC1. The van der Waals surface area contributed by atoms with Gasteiger partial charge in [0.25, 0.3) is 0 Å². The van der Waals surface area contributed by atoms with Crippen molar-refractivity contribution >= 4 is 0 Å². The van der Waals surface area contributed by atoms with E-state index in [1.165, 1.54) is 4.90 Å². The van der Waals surface area contributed by atoms with E-state index in [1.54, 1.807) is 0 Å². The van der Waals surface area contributed by atoms with Crippen LogP contribution in [0.25, 0.3) is 0 Å². The van der Waals surface area contributed by atoms with Gasteiger partial charge < -0.3 is 0 Å². The average Bonchev–Trinajstić information content (AvgIpc) is 2.04. The van der Waals surface area contributed by atoms with Crippen LogP contribution in [-0.2, 0) is 0 Å². The second-order valence-corrected chi connectivity index (χ2v) is 2.73. The molecular weight excluding hydrogens is 169 g/mol. The molecule has 0 N–H and O–H groups in total. The zero-order valence-corrected chi connectivity index (χ0v) is 6.64. The van der Waals surface area contributed by atoms with Crippen molar-refractivity contribution in [2.75, 3.05) is 26.2 Å². The van der Waals surface area contributed by atoms with E-state index in [1.807, 2.05) is 0 Å². The molecule has 1 heterocycles. The number of nitrogens with zero attached hydrogens (tertiary/aromatic N) is 2. The van der Waals surface area contributed by atoms with Gasteiger partial charge in [0.1, 0.15) is 5.83 Å². The van der Waals surface area contributed by atoms with Crippen LogP contribution >= 0.6 is 0 Å². The van der Waals surface area contributed by atoms with Crippen molar-refractivity contribution < 1.29 is 13.3 Å². The lowest BCUT2D eigenvalue weighted by Gasteiger charge is -2.31. The predicted octanol–water partition coefficient (Wildman–Crippen LogP) is 1.27. The standard InChI is InChI=1S/C7H11F3N2/c1-6(8)7(9)11-2-4-12(10)5-3-11/h7H,1-5H2. The Morgan fingerprint density at radius 3 is 2.17 bits per heavy atom. The molecule has 1 fully saturated rings. The van der Waals surface area contributed by atoms with Gasteiger partial charge in [-0.05, 0) is 0 Å². The average molecular weight is 180 g/mol. The zero-order chi connectivity index (χ0) is 9.14. The summed E-state index contributed by atoms with van der Waals surface area (Å²) in [6, 6.07) is 0. The van der Waals surface area contributed by atoms with Crippen molar-refractivity contribution in [3.8, 4) is 0 Å². The molecule has 2 nitrogen and oxygen atoms in total. The van der Waals surface area contributed by atoms with Crippen molar-refractivity contribution in [1.82, 2.24) is 10.0 Å². The molecule has 1 atom stereocenters. The molecule has 12 heavy (non-hydrogen) atoms. The fourth-order valence-electron chi connectivity index (χ4n) is 1.12. The molecule has 0 aromatic heterocycles. The summed E-state index contributed by atoms with van der Waals surface area (Å²) in [6.07, 6.45) is -1.78. The zero-order valence-electron chi connectivity index (χ0n) is 6.64. The van der Waals surface area contributed by atoms with Crippen molar-refractivity contribution in [3.05, 3.63) is 12.4 Å². The highest BCUT2D eigenvalue weighted by Gasteiger charge is 2.25. The molecule has 1 aliphatic heterocycles. The maximum absolute atomic E-state index is 12.8. The first-order chi connectivity index (χ1) is 5.61. The van der Waals surface area contributed by atoms with E-state index in [9.17, 15) is 13.3 Å². The molecule has 0 amide bonds. The van der Waals surface area contributed by atoms with Crippen LogP contribution in [0.4, 0.5) is 13.3 Å². The normalized spacial score (nSPS) is 23.9. The van der Waals surface area contributed by atoms with E-state index in [-0.39, 0.29) is 26.2 Å². The van der Waals surface area contributed by atoms with Gasteiger partial charge in [-0.3, -0.25) is 4.90 Å². The Kier molecular flexibility index (Phi) is 3.11. The Labute approximate surface area is 69.2 Å². The monoisotopic (exact) mass is 180 g/mol. The molecule has 0 saturated carbocycles. The van der Waals surface area contributed by atoms with Crippen LogP contribution in [0, 0.1) is 0 Å². The molecule has 0 aromatic rings. The van der Waals surface area contributed by atoms with Gasteiger partial charge in [-0.1, -0.05) is 6.58 Å². The number of halogens is 3. The second-order valence-electron chi connectivity index (χ2n) is 2.73. The van der Waals surface area contributed by atoms with Gasteiger partial charge in [-0.25, -0.2) is 8.78 Å². The van der Waals surface area contributed by atoms with Crippen LogP contribution in [0.5, 0.6) is 0 Å². The fourth-order valence-corrected chi connectivity index (χ4v) is 1.12. The summed E-state index contributed by atoms with van der Waals surface area (Å²) in [5.74, 6) is -1.01. The summed E-state index contributed by atoms with van der Waals surface area (Å²) in [6.45, 7) is 3.49. The first-order valence-electron chi connectivity index (χ1n) is 3.74. The third-order valence-corrected chi connectivity index (χ3v) is 1.84. The van der Waals surface area contributed by atoms with Crippen molar-refractivity contribution in [3.63, 3.8) is 0 Å². The lowest BCUT2D eigenvalue weighted by molar-refractivity contribution is -0.0479. The summed E-state index contributed by atoms with van der Waals surface area (Å²) in [5, 5.41) is 0.588. The van der Waals surface area contributed by atoms with Crippen molar-refractivity contribution in [1.29, 1.82) is 0 Å². The third-order valence-electron chi connectivity index (χ3n) is 1.84. The van der Waals surface area contributed by atoms with Crippen molar-refractivity contribution in [2.24, 2.45) is 0 Å². The van der Waals surface area contributed by atoms with Gasteiger partial charge in [0.05, 0.1) is 0 Å². The highest BCUT2D eigenvalue weighted by atomic mass is 19.2. The first kappa shape index (κ1) is 9.54. The molecule has 1 rings (SSSR count). The van der Waals surface area contributed by atoms with E-state index in [4.69, 9.17) is 0 Å². The Morgan fingerprint density at radius 1 is 1.25 bits per heavy atom. The Bertz CT molecular complexity index is 166. The molecule has 5 heteroatoms. The van der Waals surface area contributed by atoms with Crippen LogP contribution < -0.4 is 0 Å². The first-order valence-corrected chi connectivity index (χ1v) is 3.74. The predicted molar refractivity (Wildman–Crippen MR) is 39.4 cm³/mol. The van der Waals surface area contributed by atoms with E-state index < -0.39 is 12.1 Å². The number of hydrogen-bond acceptors (Lipinski definition) is 2. The largest absolute Gasteiger partial charge is 0.265 e. The molecule has 70 valence electrons. The molecule has 1 aliphatic rings. The summed E-state index contributed by atoms with van der Waals surface area (Å²) in [4.78, 5) is 1.22. The molecule has 0 radical (unpaired) electrons. The Hall–Kier alpha value is -0.550. The van der Waals surface area contributed by atoms with Gasteiger partial charge in [-0.15, -0.1) is 9.60 Å².